The molecular formula is C50H29N5. The van der Waals surface area contributed by atoms with Crippen LogP contribution in [0.3, 0.4) is 0 Å². The monoisotopic (exact) mass is 699 g/mol. The van der Waals surface area contributed by atoms with Gasteiger partial charge >= 0.3 is 0 Å². The third-order valence-corrected chi connectivity index (χ3v) is 11.1. The van der Waals surface area contributed by atoms with E-state index < -0.39 is 0 Å². The highest BCUT2D eigenvalue weighted by Gasteiger charge is 2.18. The summed E-state index contributed by atoms with van der Waals surface area (Å²) in [4.78, 5) is 0. The number of benzene rings is 8. The summed E-state index contributed by atoms with van der Waals surface area (Å²) in [5.41, 5.74) is 12.7. The molecule has 0 fully saturated rings. The van der Waals surface area contributed by atoms with Gasteiger partial charge in [0.05, 0.1) is 56.0 Å². The molecule has 3 heterocycles. The Morgan fingerprint density at radius 1 is 0.327 bits per heavy atom. The number of fused-ring (bicyclic) bond motifs is 9. The molecule has 0 unspecified atom stereocenters. The van der Waals surface area contributed by atoms with Crippen molar-refractivity contribution >= 4 is 65.4 Å². The van der Waals surface area contributed by atoms with E-state index in [1.807, 2.05) is 30.3 Å². The summed E-state index contributed by atoms with van der Waals surface area (Å²) in [7, 11) is 0. The molecule has 11 rings (SSSR count). The molecule has 3 aromatic heterocycles. The average molecular weight is 700 g/mol. The molecule has 55 heavy (non-hydrogen) atoms. The quantitative estimate of drug-likeness (QED) is 0.184. The van der Waals surface area contributed by atoms with Gasteiger partial charge in [0.1, 0.15) is 6.07 Å². The lowest BCUT2D eigenvalue weighted by Gasteiger charge is -2.13. The van der Waals surface area contributed by atoms with Gasteiger partial charge in [0.25, 0.3) is 0 Å². The van der Waals surface area contributed by atoms with Crippen LogP contribution in [0.1, 0.15) is 11.1 Å². The normalized spacial score (nSPS) is 11.6. The number of aromatic nitrogens is 3. The third kappa shape index (κ3) is 4.51. The Kier molecular flexibility index (Phi) is 6.61. The second-order valence-corrected chi connectivity index (χ2v) is 14.0. The van der Waals surface area contributed by atoms with Crippen molar-refractivity contribution in [2.45, 2.75) is 0 Å². The van der Waals surface area contributed by atoms with Crippen molar-refractivity contribution in [3.05, 3.63) is 187 Å². The molecule has 0 aliphatic rings. The Hall–Kier alpha value is -7.86. The van der Waals surface area contributed by atoms with Crippen molar-refractivity contribution in [3.63, 3.8) is 0 Å². The second-order valence-electron chi connectivity index (χ2n) is 14.0. The highest BCUT2D eigenvalue weighted by molar-refractivity contribution is 6.12. The molecule has 8 aromatic carbocycles. The fourth-order valence-electron chi connectivity index (χ4n) is 8.68. The number of rotatable bonds is 4. The van der Waals surface area contributed by atoms with Crippen LogP contribution >= 0.6 is 0 Å². The summed E-state index contributed by atoms with van der Waals surface area (Å²) in [5.74, 6) is 0. The maximum absolute atomic E-state index is 10.5. The number of nitriles is 2. The minimum Gasteiger partial charge on any atom is -0.309 e. The minimum atomic E-state index is 0.612. The van der Waals surface area contributed by atoms with Gasteiger partial charge in [-0.25, -0.2) is 0 Å². The molecule has 0 atom stereocenters. The number of hydrogen-bond acceptors (Lipinski definition) is 2. The van der Waals surface area contributed by atoms with Crippen LogP contribution in [0.2, 0.25) is 0 Å². The predicted octanol–water partition coefficient (Wildman–Crippen LogP) is 12.4. The van der Waals surface area contributed by atoms with Crippen molar-refractivity contribution in [2.24, 2.45) is 0 Å². The first-order chi connectivity index (χ1) is 27.2. The molecule has 0 radical (unpaired) electrons. The maximum Gasteiger partial charge on any atom is 0.101 e. The van der Waals surface area contributed by atoms with Crippen molar-refractivity contribution in [3.8, 4) is 40.3 Å². The zero-order valence-electron chi connectivity index (χ0n) is 29.5. The topological polar surface area (TPSA) is 62.4 Å². The molecule has 254 valence electrons. The van der Waals surface area contributed by atoms with E-state index in [4.69, 9.17) is 0 Å². The van der Waals surface area contributed by atoms with E-state index in [0.717, 1.165) is 82.8 Å². The third-order valence-electron chi connectivity index (χ3n) is 11.1. The van der Waals surface area contributed by atoms with Crippen molar-refractivity contribution < 1.29 is 0 Å². The van der Waals surface area contributed by atoms with Gasteiger partial charge in [-0.3, -0.25) is 0 Å². The summed E-state index contributed by atoms with van der Waals surface area (Å²) >= 11 is 0. The molecule has 0 saturated carbocycles. The van der Waals surface area contributed by atoms with E-state index >= 15 is 0 Å². The van der Waals surface area contributed by atoms with Gasteiger partial charge in [-0.2, -0.15) is 10.5 Å². The lowest BCUT2D eigenvalue weighted by atomic mass is 10.0. The maximum atomic E-state index is 10.5. The van der Waals surface area contributed by atoms with E-state index in [0.29, 0.717) is 11.1 Å². The van der Waals surface area contributed by atoms with Crippen LogP contribution in [0.15, 0.2) is 176 Å². The van der Waals surface area contributed by atoms with Crippen LogP contribution in [0, 0.1) is 22.7 Å². The fraction of sp³-hybridized carbons (Fsp3) is 0. The molecule has 0 aliphatic carbocycles. The Balaban J connectivity index is 1.05. The minimum absolute atomic E-state index is 0.612. The Bertz CT molecular complexity index is 3350. The fourth-order valence-corrected chi connectivity index (χ4v) is 8.68. The molecule has 11 aromatic rings. The first-order valence-corrected chi connectivity index (χ1v) is 18.3. The molecule has 0 aliphatic heterocycles. The summed E-state index contributed by atoms with van der Waals surface area (Å²) in [6.45, 7) is 0. The van der Waals surface area contributed by atoms with Crippen LogP contribution in [-0.4, -0.2) is 13.7 Å². The average Bonchev–Trinajstić information content (AvgIpc) is 3.88. The van der Waals surface area contributed by atoms with E-state index in [1.54, 1.807) is 0 Å². The van der Waals surface area contributed by atoms with Gasteiger partial charge < -0.3 is 13.7 Å². The van der Waals surface area contributed by atoms with Crippen LogP contribution in [-0.2, 0) is 0 Å². The number of para-hydroxylation sites is 4. The molecule has 5 heteroatoms. The van der Waals surface area contributed by atoms with E-state index in [-0.39, 0.29) is 0 Å². The molecule has 0 amide bonds. The van der Waals surface area contributed by atoms with Crippen LogP contribution < -0.4 is 0 Å². The number of nitrogens with zero attached hydrogens (tertiary/aromatic N) is 5. The van der Waals surface area contributed by atoms with Crippen LogP contribution in [0.4, 0.5) is 0 Å². The number of hydrogen-bond donors (Lipinski definition) is 0. The summed E-state index contributed by atoms with van der Waals surface area (Å²) in [6, 6.07) is 65.9. The lowest BCUT2D eigenvalue weighted by molar-refractivity contribution is 1.15. The van der Waals surface area contributed by atoms with Gasteiger partial charge in [0.2, 0.25) is 0 Å². The van der Waals surface area contributed by atoms with E-state index in [1.165, 1.54) is 10.8 Å². The first kappa shape index (κ1) is 30.7. The Morgan fingerprint density at radius 2 is 0.818 bits per heavy atom. The van der Waals surface area contributed by atoms with Crippen LogP contribution in [0.5, 0.6) is 0 Å². The van der Waals surface area contributed by atoms with Crippen molar-refractivity contribution in [2.75, 3.05) is 0 Å². The summed E-state index contributed by atoms with van der Waals surface area (Å²) in [6.07, 6.45) is 0. The van der Waals surface area contributed by atoms with Crippen molar-refractivity contribution in [1.82, 2.24) is 13.7 Å². The second kappa shape index (κ2) is 11.8. The largest absolute Gasteiger partial charge is 0.309 e. The van der Waals surface area contributed by atoms with Crippen LogP contribution in [0.25, 0.3) is 93.6 Å². The smallest absolute Gasteiger partial charge is 0.101 e. The zero-order valence-corrected chi connectivity index (χ0v) is 29.5. The summed E-state index contributed by atoms with van der Waals surface area (Å²) in [5, 5.41) is 27.2. The Labute approximate surface area is 316 Å². The molecular weight excluding hydrogens is 671 g/mol. The lowest BCUT2D eigenvalue weighted by Crippen LogP contribution is -1.98. The molecule has 0 saturated heterocycles. The zero-order chi connectivity index (χ0) is 36.6. The predicted molar refractivity (Wildman–Crippen MR) is 224 cm³/mol. The van der Waals surface area contributed by atoms with E-state index in [9.17, 15) is 10.5 Å². The highest BCUT2D eigenvalue weighted by Crippen LogP contribution is 2.38. The first-order valence-electron chi connectivity index (χ1n) is 18.3. The van der Waals surface area contributed by atoms with Gasteiger partial charge in [-0.1, -0.05) is 97.1 Å². The Morgan fingerprint density at radius 3 is 1.40 bits per heavy atom. The molecule has 0 N–H and O–H groups in total. The highest BCUT2D eigenvalue weighted by atomic mass is 15.0. The SMILES string of the molecule is N#Cc1ccc2c(c1)c1ccc(-n3c4ccccc4c4ccccc43)cc1n2-c1ccc(-c2ccc(-n3c4ccccc4c4ccccc43)c(C#N)c2)cc1. The van der Waals surface area contributed by atoms with Gasteiger partial charge in [-0.05, 0) is 90.0 Å². The molecule has 0 spiro atoms. The standard InChI is InChI=1S/C50H29N5/c51-30-32-17-25-49-43(27-32)42-24-23-37(54-45-13-5-1-9-38(45)39-10-2-6-14-46(39)54)29-50(42)53(49)36-21-18-33(19-22-36)34-20-26-44(35(28-34)31-52)55-47-15-7-3-11-40(47)41-12-4-8-16-48(41)55/h1-29H. The van der Waals surface area contributed by atoms with Gasteiger partial charge in [0.15, 0.2) is 0 Å². The summed E-state index contributed by atoms with van der Waals surface area (Å²) < 4.78 is 6.83. The van der Waals surface area contributed by atoms with Crippen molar-refractivity contribution in [1.29, 1.82) is 10.5 Å². The van der Waals surface area contributed by atoms with Gasteiger partial charge in [-0.15, -0.1) is 0 Å². The van der Waals surface area contributed by atoms with Gasteiger partial charge in [0, 0.05) is 43.7 Å². The molecule has 5 nitrogen and oxygen atoms in total. The molecule has 0 bridgehead atoms. The van der Waals surface area contributed by atoms with E-state index in [2.05, 4.69) is 171 Å².